The van der Waals surface area contributed by atoms with E-state index in [2.05, 4.69) is 5.32 Å². The normalized spacial score (nSPS) is 27.3. The van der Waals surface area contributed by atoms with Crippen LogP contribution in [-0.4, -0.2) is 36.3 Å². The first kappa shape index (κ1) is 11.8. The minimum absolute atomic E-state index is 0.0793. The Labute approximate surface area is 88.9 Å². The molecule has 1 aliphatic heterocycles. The van der Waals surface area contributed by atoms with Crippen LogP contribution in [0.1, 0.15) is 20.8 Å². The lowest BCUT2D eigenvalue weighted by Gasteiger charge is -2.17. The number of rotatable bonds is 3. The lowest BCUT2D eigenvalue weighted by atomic mass is 10.3. The number of halogens is 1. The van der Waals surface area contributed by atoms with Gasteiger partial charge in [0.2, 0.25) is 5.91 Å². The standard InChI is InChI=1S/C9H16ClNO3/c1-6(10)8(12)11-4-7-5-13-9(2,3)14-7/h6-7H,4-5H2,1-3H3,(H,11,12). The molecule has 1 amide bonds. The van der Waals surface area contributed by atoms with Gasteiger partial charge >= 0.3 is 0 Å². The van der Waals surface area contributed by atoms with E-state index in [-0.39, 0.29) is 12.0 Å². The van der Waals surface area contributed by atoms with Crippen molar-refractivity contribution in [3.8, 4) is 0 Å². The minimum atomic E-state index is -0.540. The van der Waals surface area contributed by atoms with Crippen LogP contribution < -0.4 is 5.32 Å². The van der Waals surface area contributed by atoms with Gasteiger partial charge < -0.3 is 14.8 Å². The molecule has 0 radical (unpaired) electrons. The fourth-order valence-corrected chi connectivity index (χ4v) is 1.30. The van der Waals surface area contributed by atoms with Gasteiger partial charge in [-0.3, -0.25) is 4.79 Å². The summed E-state index contributed by atoms with van der Waals surface area (Å²) in [5.41, 5.74) is 0. The summed E-state index contributed by atoms with van der Waals surface area (Å²) in [6.07, 6.45) is -0.0793. The molecule has 0 saturated carbocycles. The fourth-order valence-electron chi connectivity index (χ4n) is 1.22. The first-order valence-corrected chi connectivity index (χ1v) is 5.08. The van der Waals surface area contributed by atoms with Gasteiger partial charge in [0.25, 0.3) is 0 Å². The third-order valence-electron chi connectivity index (χ3n) is 1.93. The lowest BCUT2D eigenvalue weighted by Crippen LogP contribution is -2.37. The van der Waals surface area contributed by atoms with Gasteiger partial charge in [-0.15, -0.1) is 11.6 Å². The zero-order chi connectivity index (χ0) is 10.8. The molecule has 0 bridgehead atoms. The van der Waals surface area contributed by atoms with E-state index >= 15 is 0 Å². The highest BCUT2D eigenvalue weighted by atomic mass is 35.5. The second kappa shape index (κ2) is 4.47. The molecule has 0 aromatic rings. The molecule has 1 fully saturated rings. The Bertz CT molecular complexity index is 218. The van der Waals surface area contributed by atoms with Crippen molar-refractivity contribution in [2.24, 2.45) is 0 Å². The van der Waals surface area contributed by atoms with Crippen molar-refractivity contribution in [1.29, 1.82) is 0 Å². The largest absolute Gasteiger partial charge is 0.352 e. The SMILES string of the molecule is CC(Cl)C(=O)NCC1COC(C)(C)O1. The van der Waals surface area contributed by atoms with Gasteiger partial charge in [-0.2, -0.15) is 0 Å². The van der Waals surface area contributed by atoms with Gasteiger partial charge in [-0.1, -0.05) is 0 Å². The van der Waals surface area contributed by atoms with Crippen LogP contribution in [0.3, 0.4) is 0 Å². The van der Waals surface area contributed by atoms with Gasteiger partial charge in [0.1, 0.15) is 11.5 Å². The summed E-state index contributed by atoms with van der Waals surface area (Å²) in [4.78, 5) is 11.1. The number of carbonyl (C=O) groups excluding carboxylic acids is 1. The van der Waals surface area contributed by atoms with E-state index in [9.17, 15) is 4.79 Å². The first-order valence-electron chi connectivity index (χ1n) is 4.64. The van der Waals surface area contributed by atoms with Crippen molar-refractivity contribution < 1.29 is 14.3 Å². The van der Waals surface area contributed by atoms with E-state index in [1.165, 1.54) is 0 Å². The van der Waals surface area contributed by atoms with Gasteiger partial charge in [0.05, 0.1) is 6.61 Å². The maximum absolute atomic E-state index is 11.1. The zero-order valence-corrected chi connectivity index (χ0v) is 9.43. The molecular weight excluding hydrogens is 206 g/mol. The van der Waals surface area contributed by atoms with E-state index in [4.69, 9.17) is 21.1 Å². The van der Waals surface area contributed by atoms with Crippen molar-refractivity contribution in [2.45, 2.75) is 38.0 Å². The summed E-state index contributed by atoms with van der Waals surface area (Å²) in [5, 5.41) is 2.18. The molecule has 1 heterocycles. The van der Waals surface area contributed by atoms with E-state index in [1.807, 2.05) is 13.8 Å². The third kappa shape index (κ3) is 3.44. The van der Waals surface area contributed by atoms with Crippen LogP contribution in [-0.2, 0) is 14.3 Å². The lowest BCUT2D eigenvalue weighted by molar-refractivity contribution is -0.139. The van der Waals surface area contributed by atoms with E-state index in [0.29, 0.717) is 13.2 Å². The van der Waals surface area contributed by atoms with E-state index in [0.717, 1.165) is 0 Å². The summed E-state index contributed by atoms with van der Waals surface area (Å²) >= 11 is 5.59. The van der Waals surface area contributed by atoms with Crippen LogP contribution >= 0.6 is 11.6 Å². The zero-order valence-electron chi connectivity index (χ0n) is 8.67. The van der Waals surface area contributed by atoms with Crippen molar-refractivity contribution in [3.05, 3.63) is 0 Å². The maximum atomic E-state index is 11.1. The average molecular weight is 222 g/mol. The van der Waals surface area contributed by atoms with E-state index < -0.39 is 11.2 Å². The van der Waals surface area contributed by atoms with Crippen molar-refractivity contribution >= 4 is 17.5 Å². The molecule has 1 N–H and O–H groups in total. The monoisotopic (exact) mass is 221 g/mol. The van der Waals surface area contributed by atoms with Gasteiger partial charge in [-0.05, 0) is 20.8 Å². The average Bonchev–Trinajstić information content (AvgIpc) is 2.41. The van der Waals surface area contributed by atoms with E-state index in [1.54, 1.807) is 6.92 Å². The molecule has 1 aliphatic rings. The molecular formula is C9H16ClNO3. The molecule has 1 rings (SSSR count). The summed E-state index contributed by atoms with van der Waals surface area (Å²) in [6.45, 7) is 6.27. The van der Waals surface area contributed by atoms with Gasteiger partial charge in [0.15, 0.2) is 5.79 Å². The molecule has 0 aliphatic carbocycles. The third-order valence-corrected chi connectivity index (χ3v) is 2.13. The first-order chi connectivity index (χ1) is 6.41. The van der Waals surface area contributed by atoms with Gasteiger partial charge in [0, 0.05) is 6.54 Å². The molecule has 0 spiro atoms. The maximum Gasteiger partial charge on any atom is 0.237 e. The Morgan fingerprint density at radius 3 is 2.79 bits per heavy atom. The second-order valence-electron chi connectivity index (χ2n) is 3.81. The van der Waals surface area contributed by atoms with Crippen LogP contribution in [0.4, 0.5) is 0 Å². The van der Waals surface area contributed by atoms with Crippen LogP contribution in [0.15, 0.2) is 0 Å². The Morgan fingerprint density at radius 1 is 1.71 bits per heavy atom. The number of ether oxygens (including phenoxy) is 2. The molecule has 4 nitrogen and oxygen atoms in total. The van der Waals surface area contributed by atoms with Crippen LogP contribution in [0.25, 0.3) is 0 Å². The number of carbonyl (C=O) groups is 1. The second-order valence-corrected chi connectivity index (χ2v) is 4.47. The Hall–Kier alpha value is -0.320. The number of nitrogens with one attached hydrogen (secondary N) is 1. The predicted molar refractivity (Wildman–Crippen MR) is 53.2 cm³/mol. The summed E-state index contributed by atoms with van der Waals surface area (Å²) < 4.78 is 10.8. The van der Waals surface area contributed by atoms with Crippen molar-refractivity contribution in [2.75, 3.05) is 13.2 Å². The number of alkyl halides is 1. The van der Waals surface area contributed by atoms with Crippen molar-refractivity contribution in [1.82, 2.24) is 5.32 Å². The topological polar surface area (TPSA) is 47.6 Å². The molecule has 0 aromatic carbocycles. The molecule has 5 heteroatoms. The molecule has 82 valence electrons. The molecule has 0 aromatic heterocycles. The van der Waals surface area contributed by atoms with Gasteiger partial charge in [-0.25, -0.2) is 0 Å². The fraction of sp³-hybridized carbons (Fsp3) is 0.889. The molecule has 2 unspecified atom stereocenters. The Kier molecular flexibility index (Phi) is 3.75. The van der Waals surface area contributed by atoms with Crippen LogP contribution in [0.5, 0.6) is 0 Å². The highest BCUT2D eigenvalue weighted by Crippen LogP contribution is 2.21. The van der Waals surface area contributed by atoms with Crippen molar-refractivity contribution in [3.63, 3.8) is 0 Å². The smallest absolute Gasteiger partial charge is 0.237 e. The number of hydrogen-bond donors (Lipinski definition) is 1. The van der Waals surface area contributed by atoms with Crippen LogP contribution in [0, 0.1) is 0 Å². The van der Waals surface area contributed by atoms with Crippen LogP contribution in [0.2, 0.25) is 0 Å². The predicted octanol–water partition coefficient (Wildman–Crippen LogP) is 0.881. The highest BCUT2D eigenvalue weighted by molar-refractivity contribution is 6.30. The Balaban J connectivity index is 2.24. The summed E-state index contributed by atoms with van der Waals surface area (Å²) in [5.74, 6) is -0.720. The summed E-state index contributed by atoms with van der Waals surface area (Å²) in [6, 6.07) is 0. The number of amides is 1. The highest BCUT2D eigenvalue weighted by Gasteiger charge is 2.32. The molecule has 14 heavy (non-hydrogen) atoms. The minimum Gasteiger partial charge on any atom is -0.352 e. The number of hydrogen-bond acceptors (Lipinski definition) is 3. The molecule has 2 atom stereocenters. The molecule has 1 saturated heterocycles. The Morgan fingerprint density at radius 2 is 2.36 bits per heavy atom. The summed E-state index contributed by atoms with van der Waals surface area (Å²) in [7, 11) is 0. The quantitative estimate of drug-likeness (QED) is 0.720.